The maximum Gasteiger partial charge on any atom is 0.416 e. The lowest BCUT2D eigenvalue weighted by Crippen LogP contribution is -2.32. The first-order valence-corrected chi connectivity index (χ1v) is 8.46. The molecule has 0 fully saturated rings. The number of nitro groups is 1. The Balaban J connectivity index is 2.67. The first-order chi connectivity index (χ1) is 12.0. The topological polar surface area (TPSA) is 79.6 Å². The normalized spacial score (nSPS) is 12.0. The molecule has 26 heavy (non-hydrogen) atoms. The zero-order valence-corrected chi connectivity index (χ0v) is 15.1. The number of alkyl halides is 3. The third-order valence-corrected chi connectivity index (χ3v) is 4.85. The van der Waals surface area contributed by atoms with Crippen molar-refractivity contribution in [3.63, 3.8) is 0 Å². The van der Waals surface area contributed by atoms with Crippen LogP contribution >= 0.6 is 11.3 Å². The van der Waals surface area contributed by atoms with Crippen molar-refractivity contribution in [1.82, 2.24) is 9.88 Å². The molecule has 0 spiro atoms. The molecule has 0 bridgehead atoms. The second kappa shape index (κ2) is 7.54. The van der Waals surface area contributed by atoms with Crippen LogP contribution in [0.5, 0.6) is 0 Å². The van der Waals surface area contributed by atoms with Crippen molar-refractivity contribution in [2.45, 2.75) is 13.1 Å². The number of hydrogen-bond acceptors (Lipinski definition) is 7. The number of nitrogens with zero attached hydrogens (tertiary/aromatic N) is 4. The summed E-state index contributed by atoms with van der Waals surface area (Å²) in [6.07, 6.45) is -4.80. The second-order valence-corrected chi connectivity index (χ2v) is 6.79. The van der Waals surface area contributed by atoms with Crippen molar-refractivity contribution in [1.29, 1.82) is 0 Å². The molecule has 0 atom stereocenters. The maximum absolute atomic E-state index is 13.0. The number of hydrogen-bond donors (Lipinski definition) is 0. The molecule has 2 aromatic rings. The Morgan fingerprint density at radius 3 is 2.42 bits per heavy atom. The second-order valence-electron chi connectivity index (χ2n) is 5.81. The lowest BCUT2D eigenvalue weighted by molar-refractivity contribution is -0.383. The summed E-state index contributed by atoms with van der Waals surface area (Å²) in [7, 11) is 3.74. The van der Waals surface area contributed by atoms with Crippen molar-refractivity contribution in [2.75, 3.05) is 38.6 Å². The number of fused-ring (bicyclic) bond motifs is 1. The minimum Gasteiger partial charge on any atom is -0.347 e. The van der Waals surface area contributed by atoms with Gasteiger partial charge in [-0.05, 0) is 27.1 Å². The molecule has 0 amide bonds. The van der Waals surface area contributed by atoms with E-state index >= 15 is 0 Å². The highest BCUT2D eigenvalue weighted by atomic mass is 32.1. The first kappa shape index (κ1) is 20.0. The number of likely N-dealkylation sites (N-methyl/N-ethyl adjacent to an activating group) is 2. The van der Waals surface area contributed by atoms with E-state index < -0.39 is 33.3 Å². The Kier molecular flexibility index (Phi) is 5.81. The molecular weight excluding hydrogens is 373 g/mol. The van der Waals surface area contributed by atoms with E-state index in [2.05, 4.69) is 4.98 Å². The highest BCUT2D eigenvalue weighted by Crippen LogP contribution is 2.38. The van der Waals surface area contributed by atoms with Crippen LogP contribution in [0.4, 0.5) is 24.0 Å². The number of aromatic nitrogens is 1. The zero-order chi connectivity index (χ0) is 19.6. The number of halogens is 3. The van der Waals surface area contributed by atoms with Crippen LogP contribution in [0, 0.1) is 10.1 Å². The van der Waals surface area contributed by atoms with Crippen LogP contribution in [-0.4, -0.2) is 48.5 Å². The predicted octanol–water partition coefficient (Wildman–Crippen LogP) is 2.97. The predicted molar refractivity (Wildman–Crippen MR) is 94.0 cm³/mol. The molecule has 1 heterocycles. The van der Waals surface area contributed by atoms with Gasteiger partial charge in [0.1, 0.15) is 4.70 Å². The zero-order valence-electron chi connectivity index (χ0n) is 14.3. The molecule has 142 valence electrons. The van der Waals surface area contributed by atoms with Gasteiger partial charge < -0.3 is 9.80 Å². The van der Waals surface area contributed by atoms with Gasteiger partial charge in [-0.2, -0.15) is 18.2 Å². The average molecular weight is 390 g/mol. The van der Waals surface area contributed by atoms with Crippen LogP contribution < -0.4 is 10.5 Å². The Morgan fingerprint density at radius 2 is 1.92 bits per heavy atom. The smallest absolute Gasteiger partial charge is 0.347 e. The molecule has 2 rings (SSSR count). The van der Waals surface area contributed by atoms with Gasteiger partial charge in [0.15, 0.2) is 5.13 Å². The molecule has 0 N–H and O–H groups in total. The third-order valence-electron chi connectivity index (χ3n) is 3.68. The minimum atomic E-state index is -4.80. The van der Waals surface area contributed by atoms with Gasteiger partial charge in [0.2, 0.25) is 0 Å². The SMILES string of the molecule is CCN(CCN(C)C)c1nc(=O)c2cc(C(F)(F)F)cc([N+](=O)[O-])c2s1. The fourth-order valence-electron chi connectivity index (χ4n) is 2.29. The van der Waals surface area contributed by atoms with Crippen molar-refractivity contribution in [2.24, 2.45) is 0 Å². The molecule has 0 saturated heterocycles. The van der Waals surface area contributed by atoms with E-state index in [1.807, 2.05) is 25.9 Å². The summed E-state index contributed by atoms with van der Waals surface area (Å²) in [4.78, 5) is 30.2. The molecule has 0 unspecified atom stereocenters. The van der Waals surface area contributed by atoms with Gasteiger partial charge in [-0.15, -0.1) is 0 Å². The lowest BCUT2D eigenvalue weighted by Gasteiger charge is -2.23. The molecule has 7 nitrogen and oxygen atoms in total. The number of nitro benzene ring substituents is 1. The Bertz CT molecular complexity index is 883. The molecule has 0 aliphatic rings. The van der Waals surface area contributed by atoms with Gasteiger partial charge in [0.05, 0.1) is 15.9 Å². The van der Waals surface area contributed by atoms with Crippen LogP contribution in [0.1, 0.15) is 12.5 Å². The van der Waals surface area contributed by atoms with E-state index in [1.165, 1.54) is 0 Å². The molecule has 0 aliphatic heterocycles. The summed E-state index contributed by atoms with van der Waals surface area (Å²) in [5.74, 6) is 0. The number of anilines is 1. The van der Waals surface area contributed by atoms with Crippen LogP contribution in [0.3, 0.4) is 0 Å². The Labute approximate surface area is 150 Å². The van der Waals surface area contributed by atoms with Crippen molar-refractivity contribution in [3.05, 3.63) is 38.2 Å². The Hall–Kier alpha value is -2.27. The number of rotatable bonds is 6. The van der Waals surface area contributed by atoms with Gasteiger partial charge >= 0.3 is 6.18 Å². The van der Waals surface area contributed by atoms with Gasteiger partial charge in [-0.1, -0.05) is 11.3 Å². The summed E-state index contributed by atoms with van der Waals surface area (Å²) in [5, 5.41) is 11.1. The maximum atomic E-state index is 13.0. The largest absolute Gasteiger partial charge is 0.416 e. The fourth-order valence-corrected chi connectivity index (χ4v) is 3.44. The summed E-state index contributed by atoms with van der Waals surface area (Å²) >= 11 is 0.847. The van der Waals surface area contributed by atoms with E-state index in [0.29, 0.717) is 31.8 Å². The van der Waals surface area contributed by atoms with Crippen LogP contribution in [0.2, 0.25) is 0 Å². The fraction of sp³-hybridized carbons (Fsp3) is 0.467. The molecule has 11 heteroatoms. The van der Waals surface area contributed by atoms with Crippen LogP contribution in [0.15, 0.2) is 16.9 Å². The van der Waals surface area contributed by atoms with Crippen LogP contribution in [-0.2, 0) is 6.18 Å². The van der Waals surface area contributed by atoms with Crippen molar-refractivity contribution < 1.29 is 18.1 Å². The summed E-state index contributed by atoms with van der Waals surface area (Å²) in [6.45, 7) is 3.51. The molecule has 0 saturated carbocycles. The summed E-state index contributed by atoms with van der Waals surface area (Å²) in [5.41, 5.74) is -2.90. The van der Waals surface area contributed by atoms with E-state index in [0.717, 1.165) is 11.3 Å². The lowest BCUT2D eigenvalue weighted by atomic mass is 10.1. The highest BCUT2D eigenvalue weighted by molar-refractivity contribution is 7.22. The molecule has 1 aromatic heterocycles. The monoisotopic (exact) mass is 390 g/mol. The number of non-ortho nitro benzene ring substituents is 1. The van der Waals surface area contributed by atoms with Crippen LogP contribution in [0.25, 0.3) is 10.1 Å². The molecule has 1 aromatic carbocycles. The van der Waals surface area contributed by atoms with Gasteiger partial charge in [0, 0.05) is 25.7 Å². The van der Waals surface area contributed by atoms with E-state index in [1.54, 1.807) is 4.90 Å². The standard InChI is InChI=1S/C15H17F3N4O3S/c1-4-21(6-5-20(2)3)14-19-13(23)10-7-9(15(16,17)18)8-11(22(24)25)12(10)26-14/h7-8H,4-6H2,1-3H3. The average Bonchev–Trinajstić information content (AvgIpc) is 2.53. The van der Waals surface area contributed by atoms with Gasteiger partial charge in [-0.25, -0.2) is 0 Å². The van der Waals surface area contributed by atoms with E-state index in [4.69, 9.17) is 0 Å². The molecular formula is C15H17F3N4O3S. The Morgan fingerprint density at radius 1 is 1.27 bits per heavy atom. The van der Waals surface area contributed by atoms with Crippen molar-refractivity contribution in [3.8, 4) is 0 Å². The number of benzene rings is 1. The molecule has 0 aliphatic carbocycles. The molecule has 0 radical (unpaired) electrons. The van der Waals surface area contributed by atoms with Gasteiger partial charge in [0.25, 0.3) is 11.2 Å². The van der Waals surface area contributed by atoms with Crippen molar-refractivity contribution >= 4 is 32.2 Å². The summed E-state index contributed by atoms with van der Waals surface area (Å²) < 4.78 is 38.8. The van der Waals surface area contributed by atoms with E-state index in [-0.39, 0.29) is 9.83 Å². The third kappa shape index (κ3) is 4.28. The summed E-state index contributed by atoms with van der Waals surface area (Å²) in [6, 6.07) is 1.08. The highest BCUT2D eigenvalue weighted by Gasteiger charge is 2.34. The minimum absolute atomic E-state index is 0.110. The first-order valence-electron chi connectivity index (χ1n) is 7.64. The quantitative estimate of drug-likeness (QED) is 0.557. The van der Waals surface area contributed by atoms with E-state index in [9.17, 15) is 28.1 Å². The van der Waals surface area contributed by atoms with Gasteiger partial charge in [-0.3, -0.25) is 14.9 Å².